The molecule has 2 aromatic rings. The van der Waals surface area contributed by atoms with E-state index in [1.807, 2.05) is 44.2 Å². The molecule has 4 rings (SSSR count). The van der Waals surface area contributed by atoms with Gasteiger partial charge in [0.15, 0.2) is 17.3 Å². The minimum absolute atomic E-state index is 0.0385. The zero-order chi connectivity index (χ0) is 23.4. The highest BCUT2D eigenvalue weighted by Crippen LogP contribution is 2.40. The maximum Gasteiger partial charge on any atom is 0.407 e. The first-order valence-electron chi connectivity index (χ1n) is 11.3. The Kier molecular flexibility index (Phi) is 7.05. The fourth-order valence-electron chi connectivity index (χ4n) is 4.16. The third kappa shape index (κ3) is 5.94. The maximum atomic E-state index is 14.7. The number of likely N-dealkylation sites (tertiary alicyclic amines) is 1. The summed E-state index contributed by atoms with van der Waals surface area (Å²) in [5, 5.41) is 14.0. The lowest BCUT2D eigenvalue weighted by Crippen LogP contribution is -2.47. The number of nitrogens with one attached hydrogen (secondary N) is 1. The van der Waals surface area contributed by atoms with Gasteiger partial charge in [0, 0.05) is 6.54 Å². The molecule has 2 heterocycles. The van der Waals surface area contributed by atoms with Gasteiger partial charge < -0.3 is 29.5 Å². The summed E-state index contributed by atoms with van der Waals surface area (Å²) in [6, 6.07) is 11.5. The summed E-state index contributed by atoms with van der Waals surface area (Å²) in [7, 11) is 0. The Bertz CT molecular complexity index is 963. The molecule has 0 bridgehead atoms. The Hall–Kier alpha value is -2.84. The molecule has 0 aromatic heterocycles. The predicted octanol–water partition coefficient (Wildman–Crippen LogP) is 3.80. The van der Waals surface area contributed by atoms with E-state index in [2.05, 4.69) is 10.2 Å². The lowest BCUT2D eigenvalue weighted by Gasteiger charge is -2.34. The highest BCUT2D eigenvalue weighted by Gasteiger charge is 2.33. The molecule has 2 aliphatic rings. The van der Waals surface area contributed by atoms with E-state index in [1.165, 1.54) is 6.07 Å². The number of rotatable bonds is 7. The number of nitrogens with zero attached hydrogens (tertiary/aromatic N) is 1. The molecule has 33 heavy (non-hydrogen) atoms. The van der Waals surface area contributed by atoms with Gasteiger partial charge in [-0.25, -0.2) is 9.18 Å². The molecular formula is C25H31FN2O5. The number of ether oxygens (including phenoxy) is 3. The van der Waals surface area contributed by atoms with Crippen molar-refractivity contribution in [3.63, 3.8) is 0 Å². The van der Waals surface area contributed by atoms with Gasteiger partial charge >= 0.3 is 6.09 Å². The summed E-state index contributed by atoms with van der Waals surface area (Å²) in [6.07, 6.45) is 0.328. The monoisotopic (exact) mass is 458 g/mol. The van der Waals surface area contributed by atoms with Crippen molar-refractivity contribution in [1.82, 2.24) is 10.2 Å². The number of halogens is 1. The third-order valence-electron chi connectivity index (χ3n) is 5.87. The Morgan fingerprint density at radius 1 is 1.24 bits per heavy atom. The molecule has 2 N–H and O–H groups in total. The Labute approximate surface area is 193 Å². The number of carbonyl (C=O) groups is 1. The first-order valence-corrected chi connectivity index (χ1v) is 11.3. The average Bonchev–Trinajstić information content (AvgIpc) is 3.29. The van der Waals surface area contributed by atoms with Gasteiger partial charge in [-0.15, -0.1) is 0 Å². The Balaban J connectivity index is 1.50. The number of carbonyl (C=O) groups excluding carboxylic acids is 1. The second-order valence-electron chi connectivity index (χ2n) is 9.25. The number of alkyl carbamates (subject to hydrolysis) is 1. The largest absolute Gasteiger partial charge is 0.483 e. The molecule has 2 aliphatic heterocycles. The van der Waals surface area contributed by atoms with Crippen LogP contribution in [0.4, 0.5) is 9.18 Å². The summed E-state index contributed by atoms with van der Waals surface area (Å²) >= 11 is 0. The van der Waals surface area contributed by atoms with Crippen LogP contribution >= 0.6 is 0 Å². The van der Waals surface area contributed by atoms with E-state index >= 15 is 0 Å². The second-order valence-corrected chi connectivity index (χ2v) is 9.25. The molecule has 7 nitrogen and oxygen atoms in total. The van der Waals surface area contributed by atoms with Gasteiger partial charge in [-0.05, 0) is 63.0 Å². The fraction of sp³-hybridized carbons (Fsp3) is 0.480. The zero-order valence-corrected chi connectivity index (χ0v) is 19.1. The number of aliphatic hydroxyl groups excluding tert-OH is 1. The minimum atomic E-state index is -1.16. The summed E-state index contributed by atoms with van der Waals surface area (Å²) in [6.45, 7) is 6.22. The fourth-order valence-corrected chi connectivity index (χ4v) is 4.16. The topological polar surface area (TPSA) is 80.3 Å². The van der Waals surface area contributed by atoms with Crippen LogP contribution in [0.15, 0.2) is 42.5 Å². The molecule has 0 radical (unpaired) electrons. The lowest BCUT2D eigenvalue weighted by molar-refractivity contribution is 0.0177. The smallest absolute Gasteiger partial charge is 0.407 e. The van der Waals surface area contributed by atoms with Crippen molar-refractivity contribution in [3.05, 3.63) is 59.4 Å². The number of amides is 1. The van der Waals surface area contributed by atoms with E-state index in [-0.39, 0.29) is 24.7 Å². The van der Waals surface area contributed by atoms with Gasteiger partial charge in [-0.2, -0.15) is 0 Å². The van der Waals surface area contributed by atoms with Crippen LogP contribution in [-0.2, 0) is 11.3 Å². The summed E-state index contributed by atoms with van der Waals surface area (Å²) in [4.78, 5) is 14.7. The van der Waals surface area contributed by atoms with Crippen LogP contribution in [-0.4, -0.2) is 54.0 Å². The number of aliphatic hydroxyl groups is 1. The molecule has 0 unspecified atom stereocenters. The van der Waals surface area contributed by atoms with E-state index in [0.29, 0.717) is 12.1 Å². The number of benzene rings is 2. The SMILES string of the molecule is CC1(C)COc2c(F)cc([C@@H](O)[C@@H](CN3CCCC3)NC(=O)OCc3ccccc3)cc2O1. The van der Waals surface area contributed by atoms with Crippen molar-refractivity contribution in [1.29, 1.82) is 0 Å². The standard InChI is InChI=1S/C25H31FN2O5/c1-25(2)16-32-23-19(26)12-18(13-21(23)33-25)22(29)20(14-28-10-6-7-11-28)27-24(30)31-15-17-8-4-3-5-9-17/h3-5,8-9,12-13,20,22,29H,6-7,10-11,14-16H2,1-2H3,(H,27,30)/t20-,22-/m1/s1. The van der Waals surface area contributed by atoms with Crippen molar-refractivity contribution in [2.75, 3.05) is 26.2 Å². The normalized spacial score (nSPS) is 19.0. The molecule has 1 saturated heterocycles. The van der Waals surface area contributed by atoms with Crippen molar-refractivity contribution in [2.24, 2.45) is 0 Å². The molecule has 0 saturated carbocycles. The van der Waals surface area contributed by atoms with Crippen LogP contribution in [0.5, 0.6) is 11.5 Å². The van der Waals surface area contributed by atoms with Gasteiger partial charge in [0.1, 0.15) is 24.9 Å². The molecule has 1 fully saturated rings. The van der Waals surface area contributed by atoms with E-state index in [0.717, 1.165) is 31.5 Å². The minimum Gasteiger partial charge on any atom is -0.483 e. The quantitative estimate of drug-likeness (QED) is 0.657. The maximum absolute atomic E-state index is 14.7. The molecule has 2 aromatic carbocycles. The van der Waals surface area contributed by atoms with Gasteiger partial charge in [0.2, 0.25) is 0 Å². The average molecular weight is 459 g/mol. The Morgan fingerprint density at radius 3 is 2.70 bits per heavy atom. The van der Waals surface area contributed by atoms with E-state index in [1.54, 1.807) is 6.07 Å². The predicted molar refractivity (Wildman–Crippen MR) is 121 cm³/mol. The van der Waals surface area contributed by atoms with E-state index < -0.39 is 29.7 Å². The zero-order valence-electron chi connectivity index (χ0n) is 19.1. The summed E-state index contributed by atoms with van der Waals surface area (Å²) < 4.78 is 31.5. The van der Waals surface area contributed by atoms with Crippen LogP contribution in [0.3, 0.4) is 0 Å². The molecule has 178 valence electrons. The highest BCUT2D eigenvalue weighted by molar-refractivity contribution is 5.67. The van der Waals surface area contributed by atoms with Crippen LogP contribution in [0.1, 0.15) is 43.9 Å². The van der Waals surface area contributed by atoms with Crippen molar-refractivity contribution in [3.8, 4) is 11.5 Å². The van der Waals surface area contributed by atoms with Gasteiger partial charge in [0.05, 0.1) is 6.04 Å². The van der Waals surface area contributed by atoms with E-state index in [4.69, 9.17) is 14.2 Å². The van der Waals surface area contributed by atoms with Gasteiger partial charge in [-0.3, -0.25) is 0 Å². The first kappa shape index (κ1) is 23.3. The van der Waals surface area contributed by atoms with Crippen LogP contribution in [0.25, 0.3) is 0 Å². The molecule has 0 spiro atoms. The molecule has 0 aliphatic carbocycles. The van der Waals surface area contributed by atoms with Crippen molar-refractivity contribution in [2.45, 2.75) is 51.0 Å². The summed E-state index contributed by atoms with van der Waals surface area (Å²) in [5.41, 5.74) is 0.554. The van der Waals surface area contributed by atoms with Crippen LogP contribution < -0.4 is 14.8 Å². The third-order valence-corrected chi connectivity index (χ3v) is 5.87. The van der Waals surface area contributed by atoms with Crippen molar-refractivity contribution >= 4 is 6.09 Å². The summed E-state index contributed by atoms with van der Waals surface area (Å²) in [5.74, 6) is -0.327. The number of hydrogen-bond acceptors (Lipinski definition) is 6. The van der Waals surface area contributed by atoms with Crippen LogP contribution in [0, 0.1) is 5.82 Å². The number of fused-ring (bicyclic) bond motifs is 1. The second kappa shape index (κ2) is 9.97. The highest BCUT2D eigenvalue weighted by atomic mass is 19.1. The van der Waals surface area contributed by atoms with Gasteiger partial charge in [-0.1, -0.05) is 30.3 Å². The molecule has 8 heteroatoms. The van der Waals surface area contributed by atoms with Gasteiger partial charge in [0.25, 0.3) is 0 Å². The Morgan fingerprint density at radius 2 is 1.97 bits per heavy atom. The number of hydrogen-bond donors (Lipinski definition) is 2. The van der Waals surface area contributed by atoms with Crippen molar-refractivity contribution < 1.29 is 28.5 Å². The lowest BCUT2D eigenvalue weighted by atomic mass is 10.00. The molecule has 1 amide bonds. The first-order chi connectivity index (χ1) is 15.8. The van der Waals surface area contributed by atoms with Crippen LogP contribution in [0.2, 0.25) is 0 Å². The van der Waals surface area contributed by atoms with E-state index in [9.17, 15) is 14.3 Å². The molecule has 2 atom stereocenters. The molecular weight excluding hydrogens is 427 g/mol.